The van der Waals surface area contributed by atoms with Gasteiger partial charge in [-0.25, -0.2) is 9.59 Å². The summed E-state index contributed by atoms with van der Waals surface area (Å²) in [6, 6.07) is 3.52. The van der Waals surface area contributed by atoms with Gasteiger partial charge in [-0.2, -0.15) is 0 Å². The number of fused-ring (bicyclic) bond motifs is 3. The normalized spacial score (nSPS) is 12.5. The van der Waals surface area contributed by atoms with Crippen LogP contribution in [-0.2, 0) is 17.6 Å². The monoisotopic (exact) mass is 386 g/mol. The molecule has 1 aromatic carbocycles. The molecule has 0 bridgehead atoms. The lowest BCUT2D eigenvalue weighted by molar-refractivity contribution is 0.0691. The van der Waals surface area contributed by atoms with Crippen molar-refractivity contribution in [1.82, 2.24) is 4.98 Å². The molecule has 148 valence electrons. The van der Waals surface area contributed by atoms with Crippen LogP contribution >= 0.6 is 0 Å². The van der Waals surface area contributed by atoms with Gasteiger partial charge in [-0.3, -0.25) is 9.69 Å². The van der Waals surface area contributed by atoms with E-state index in [1.165, 1.54) is 4.90 Å². The number of aromatic hydroxyl groups is 1. The van der Waals surface area contributed by atoms with Crippen LogP contribution in [-0.4, -0.2) is 40.9 Å². The topological polar surface area (TPSA) is 120 Å². The first-order chi connectivity index (χ1) is 13.3. The Morgan fingerprint density at radius 3 is 2.57 bits per heavy atom. The molecule has 1 aliphatic rings. The zero-order chi connectivity index (χ0) is 20.6. The molecule has 1 aliphatic carbocycles. The second-order valence-corrected chi connectivity index (χ2v) is 6.68. The van der Waals surface area contributed by atoms with E-state index in [0.717, 1.165) is 16.7 Å². The number of carbonyl (C=O) groups is 2. The number of hydrogen-bond donors (Lipinski definition) is 3. The molecule has 0 saturated heterocycles. The van der Waals surface area contributed by atoms with E-state index >= 15 is 0 Å². The number of aromatic carboxylic acids is 1. The second kappa shape index (κ2) is 7.38. The van der Waals surface area contributed by atoms with Crippen molar-refractivity contribution in [2.24, 2.45) is 0 Å². The van der Waals surface area contributed by atoms with Gasteiger partial charge in [0.1, 0.15) is 5.75 Å². The Balaban J connectivity index is 2.19. The largest absolute Gasteiger partial charge is 0.506 e. The van der Waals surface area contributed by atoms with Gasteiger partial charge in [0.25, 0.3) is 5.56 Å². The van der Waals surface area contributed by atoms with E-state index in [2.05, 4.69) is 4.98 Å². The number of aromatic amines is 1. The number of rotatable bonds is 3. The first-order valence-electron chi connectivity index (χ1n) is 9.02. The standard InChI is InChI=1S/C20H22N2O6/c1-4-28-20(27)22(3)14-9-8-12-11(10(14)2)6-5-7-13-16(12)21-18(24)15(17(13)23)19(25)26/h8-9H,4-7H2,1-3H3,(H,25,26)(H2,21,23,24). The molecule has 0 unspecified atom stereocenters. The fraction of sp³-hybridized carbons (Fsp3) is 0.350. The van der Waals surface area contributed by atoms with Gasteiger partial charge in [0.2, 0.25) is 0 Å². The van der Waals surface area contributed by atoms with Crippen LogP contribution in [0.25, 0.3) is 11.3 Å². The SMILES string of the molecule is CCOC(=O)N(C)c1ccc2c(c1C)CCCc1c-2[nH]c(=O)c(C(=O)O)c1O. The lowest BCUT2D eigenvalue weighted by Gasteiger charge is -2.22. The summed E-state index contributed by atoms with van der Waals surface area (Å²) in [6.45, 7) is 3.90. The molecule has 0 aliphatic heterocycles. The molecule has 0 saturated carbocycles. The van der Waals surface area contributed by atoms with Gasteiger partial charge in [-0.05, 0) is 50.3 Å². The van der Waals surface area contributed by atoms with Crippen LogP contribution in [0.4, 0.5) is 10.5 Å². The minimum absolute atomic E-state index is 0.271. The number of benzene rings is 1. The number of pyridine rings is 1. The molecule has 0 atom stereocenters. The van der Waals surface area contributed by atoms with E-state index in [4.69, 9.17) is 4.74 Å². The van der Waals surface area contributed by atoms with Crippen LogP contribution in [0, 0.1) is 6.92 Å². The fourth-order valence-corrected chi connectivity index (χ4v) is 3.72. The molecule has 8 nitrogen and oxygen atoms in total. The minimum atomic E-state index is -1.46. The van der Waals surface area contributed by atoms with Crippen LogP contribution in [0.5, 0.6) is 5.75 Å². The molecule has 2 aromatic rings. The van der Waals surface area contributed by atoms with Crippen molar-refractivity contribution in [3.63, 3.8) is 0 Å². The van der Waals surface area contributed by atoms with Gasteiger partial charge >= 0.3 is 12.1 Å². The zero-order valence-electron chi connectivity index (χ0n) is 16.0. The number of anilines is 1. The van der Waals surface area contributed by atoms with Crippen molar-refractivity contribution in [1.29, 1.82) is 0 Å². The summed E-state index contributed by atoms with van der Waals surface area (Å²) in [6.07, 6.45) is 1.28. The van der Waals surface area contributed by atoms with E-state index in [9.17, 15) is 24.6 Å². The predicted octanol–water partition coefficient (Wildman–Crippen LogP) is 2.84. The van der Waals surface area contributed by atoms with E-state index in [-0.39, 0.29) is 6.61 Å². The maximum Gasteiger partial charge on any atom is 0.414 e. The third-order valence-corrected chi connectivity index (χ3v) is 5.10. The third-order valence-electron chi connectivity index (χ3n) is 5.10. The quantitative estimate of drug-likeness (QED) is 0.746. The number of hydrogen-bond acceptors (Lipinski definition) is 5. The highest BCUT2D eigenvalue weighted by Crippen LogP contribution is 2.39. The number of aromatic nitrogens is 1. The Labute approximate surface area is 161 Å². The molecule has 0 radical (unpaired) electrons. The molecule has 28 heavy (non-hydrogen) atoms. The first-order valence-corrected chi connectivity index (χ1v) is 9.02. The molecule has 1 aromatic heterocycles. The van der Waals surface area contributed by atoms with E-state index in [1.807, 2.05) is 6.92 Å². The van der Waals surface area contributed by atoms with E-state index in [0.29, 0.717) is 36.2 Å². The highest BCUT2D eigenvalue weighted by molar-refractivity contribution is 5.93. The Morgan fingerprint density at radius 1 is 1.25 bits per heavy atom. The summed E-state index contributed by atoms with van der Waals surface area (Å²) >= 11 is 0. The number of carboxylic acids is 1. The lowest BCUT2D eigenvalue weighted by atomic mass is 9.95. The molecule has 0 spiro atoms. The number of H-pyrrole nitrogens is 1. The molecule has 3 rings (SSSR count). The maximum absolute atomic E-state index is 12.2. The number of amides is 1. The molecular formula is C20H22N2O6. The van der Waals surface area contributed by atoms with Crippen molar-refractivity contribution in [3.8, 4) is 17.0 Å². The number of ether oxygens (including phenoxy) is 1. The summed E-state index contributed by atoms with van der Waals surface area (Å²) < 4.78 is 5.06. The van der Waals surface area contributed by atoms with Crippen molar-refractivity contribution < 1.29 is 24.5 Å². The van der Waals surface area contributed by atoms with Crippen LogP contribution in [0.1, 0.15) is 40.4 Å². The number of nitrogens with one attached hydrogen (secondary N) is 1. The number of nitrogens with zero attached hydrogens (tertiary/aromatic N) is 1. The Bertz CT molecular complexity index is 1020. The van der Waals surface area contributed by atoms with Gasteiger partial charge in [-0.1, -0.05) is 6.07 Å². The third kappa shape index (κ3) is 3.11. The molecule has 1 heterocycles. The fourth-order valence-electron chi connectivity index (χ4n) is 3.72. The lowest BCUT2D eigenvalue weighted by Crippen LogP contribution is -2.28. The highest BCUT2D eigenvalue weighted by Gasteiger charge is 2.27. The molecule has 8 heteroatoms. The maximum atomic E-state index is 12.2. The Hall–Kier alpha value is -3.29. The summed E-state index contributed by atoms with van der Waals surface area (Å²) in [7, 11) is 1.63. The van der Waals surface area contributed by atoms with Crippen LogP contribution in [0.15, 0.2) is 16.9 Å². The predicted molar refractivity (Wildman–Crippen MR) is 103 cm³/mol. The van der Waals surface area contributed by atoms with Crippen molar-refractivity contribution >= 4 is 17.7 Å². The van der Waals surface area contributed by atoms with Crippen LogP contribution in [0.2, 0.25) is 0 Å². The summed E-state index contributed by atoms with van der Waals surface area (Å²) in [5, 5.41) is 19.6. The Kier molecular flexibility index (Phi) is 5.13. The zero-order valence-corrected chi connectivity index (χ0v) is 16.0. The van der Waals surface area contributed by atoms with E-state index in [1.54, 1.807) is 26.1 Å². The van der Waals surface area contributed by atoms with Gasteiger partial charge in [-0.15, -0.1) is 0 Å². The molecule has 0 fully saturated rings. The van der Waals surface area contributed by atoms with Gasteiger partial charge in [0.15, 0.2) is 5.56 Å². The number of carbonyl (C=O) groups excluding carboxylic acids is 1. The molecular weight excluding hydrogens is 364 g/mol. The number of carboxylic acid groups (broad SMARTS) is 1. The second-order valence-electron chi connectivity index (χ2n) is 6.68. The molecule has 3 N–H and O–H groups in total. The minimum Gasteiger partial charge on any atom is -0.506 e. The summed E-state index contributed by atoms with van der Waals surface area (Å²) in [5.41, 5.74) is 2.56. The summed E-state index contributed by atoms with van der Waals surface area (Å²) in [5.74, 6) is -1.95. The van der Waals surface area contributed by atoms with Crippen LogP contribution in [0.3, 0.4) is 0 Å². The van der Waals surface area contributed by atoms with Gasteiger partial charge < -0.3 is 19.9 Å². The van der Waals surface area contributed by atoms with E-state index < -0.39 is 28.9 Å². The highest BCUT2D eigenvalue weighted by atomic mass is 16.6. The van der Waals surface area contributed by atoms with Crippen molar-refractivity contribution in [3.05, 3.63) is 44.7 Å². The average Bonchev–Trinajstić information content (AvgIpc) is 2.82. The summed E-state index contributed by atoms with van der Waals surface area (Å²) in [4.78, 5) is 39.7. The average molecular weight is 386 g/mol. The molecule has 1 amide bonds. The van der Waals surface area contributed by atoms with Gasteiger partial charge in [0, 0.05) is 23.9 Å². The first kappa shape index (κ1) is 19.5. The smallest absolute Gasteiger partial charge is 0.414 e. The Morgan fingerprint density at radius 2 is 1.93 bits per heavy atom. The van der Waals surface area contributed by atoms with Crippen molar-refractivity contribution in [2.75, 3.05) is 18.6 Å². The van der Waals surface area contributed by atoms with Crippen molar-refractivity contribution in [2.45, 2.75) is 33.1 Å². The van der Waals surface area contributed by atoms with Crippen LogP contribution < -0.4 is 10.5 Å². The van der Waals surface area contributed by atoms with Gasteiger partial charge in [0.05, 0.1) is 12.3 Å².